The van der Waals surface area contributed by atoms with Crippen LogP contribution in [0.5, 0.6) is 0 Å². The smallest absolute Gasteiger partial charge is 0.332 e. The number of aromatic nitrogens is 1. The molecule has 0 radical (unpaired) electrons. The second-order valence-corrected chi connectivity index (χ2v) is 11.5. The van der Waals surface area contributed by atoms with Crippen LogP contribution in [0.3, 0.4) is 0 Å². The number of pyridine rings is 1. The van der Waals surface area contributed by atoms with Gasteiger partial charge < -0.3 is 15.1 Å². The first kappa shape index (κ1) is 25.8. The molecule has 2 aliphatic rings. The van der Waals surface area contributed by atoms with Gasteiger partial charge in [-0.3, -0.25) is 14.6 Å². The number of carbonyl (C=O) groups excluding carboxylic acids is 3. The number of nitrogens with one attached hydrogen (secondary N) is 1. The van der Waals surface area contributed by atoms with Crippen molar-refractivity contribution in [3.05, 3.63) is 59.4 Å². The minimum Gasteiger partial charge on any atom is -0.348 e. The second kappa shape index (κ2) is 9.65. The number of benzene rings is 1. The summed E-state index contributed by atoms with van der Waals surface area (Å²) in [5, 5.41) is 3.08. The van der Waals surface area contributed by atoms with Crippen LogP contribution in [-0.4, -0.2) is 64.3 Å². The number of piperidine rings is 1. The van der Waals surface area contributed by atoms with E-state index < -0.39 is 5.54 Å². The zero-order valence-electron chi connectivity index (χ0n) is 22.2. The van der Waals surface area contributed by atoms with E-state index in [4.69, 9.17) is 0 Å². The monoisotopic (exact) mass is 491 g/mol. The summed E-state index contributed by atoms with van der Waals surface area (Å²) < 4.78 is 0. The van der Waals surface area contributed by atoms with Crippen LogP contribution in [-0.2, 0) is 16.8 Å². The number of imide groups is 1. The zero-order valence-corrected chi connectivity index (χ0v) is 22.2. The Kier molecular flexibility index (Phi) is 6.92. The maximum absolute atomic E-state index is 13.5. The van der Waals surface area contributed by atoms with E-state index in [-0.39, 0.29) is 35.8 Å². The SMILES string of the molecule is CN1CCC(NC(=O)c2cc(CN3C(=O)N(c4ccc(C(C)(C)C)cc4)C(=O)C3(C)C)ccn2)CC1. The highest BCUT2D eigenvalue weighted by molar-refractivity contribution is 6.22. The highest BCUT2D eigenvalue weighted by Gasteiger charge is 2.51. The molecule has 0 unspecified atom stereocenters. The van der Waals surface area contributed by atoms with E-state index in [0.29, 0.717) is 11.4 Å². The predicted octanol–water partition coefficient (Wildman–Crippen LogP) is 3.95. The number of rotatable bonds is 5. The van der Waals surface area contributed by atoms with Crippen LogP contribution in [0.1, 0.15) is 69.1 Å². The molecule has 2 aromatic rings. The zero-order chi connectivity index (χ0) is 26.3. The first-order chi connectivity index (χ1) is 16.9. The van der Waals surface area contributed by atoms with Gasteiger partial charge in [0.1, 0.15) is 11.2 Å². The Morgan fingerprint density at radius 2 is 1.72 bits per heavy atom. The number of hydrogen-bond donors (Lipinski definition) is 1. The van der Waals surface area contributed by atoms with Crippen LogP contribution in [0.15, 0.2) is 42.6 Å². The molecular weight excluding hydrogens is 454 g/mol. The van der Waals surface area contributed by atoms with E-state index in [1.165, 1.54) is 4.90 Å². The molecule has 8 heteroatoms. The molecule has 2 fully saturated rings. The molecule has 1 aromatic carbocycles. The van der Waals surface area contributed by atoms with Gasteiger partial charge in [0.2, 0.25) is 0 Å². The number of likely N-dealkylation sites (tertiary alicyclic amines) is 1. The summed E-state index contributed by atoms with van der Waals surface area (Å²) in [4.78, 5) is 48.9. The molecule has 192 valence electrons. The van der Waals surface area contributed by atoms with Gasteiger partial charge in [-0.25, -0.2) is 9.69 Å². The molecule has 1 aromatic heterocycles. The van der Waals surface area contributed by atoms with E-state index in [9.17, 15) is 14.4 Å². The molecule has 0 spiro atoms. The largest absolute Gasteiger partial charge is 0.348 e. The molecule has 1 N–H and O–H groups in total. The van der Waals surface area contributed by atoms with Gasteiger partial charge in [-0.15, -0.1) is 0 Å². The second-order valence-electron chi connectivity index (χ2n) is 11.5. The quantitative estimate of drug-likeness (QED) is 0.640. The lowest BCUT2D eigenvalue weighted by atomic mass is 9.87. The summed E-state index contributed by atoms with van der Waals surface area (Å²) in [7, 11) is 2.08. The lowest BCUT2D eigenvalue weighted by Gasteiger charge is -2.29. The van der Waals surface area contributed by atoms with Crippen molar-refractivity contribution in [2.75, 3.05) is 25.0 Å². The highest BCUT2D eigenvalue weighted by Crippen LogP contribution is 2.34. The third kappa shape index (κ3) is 5.14. The third-order valence-corrected chi connectivity index (χ3v) is 7.27. The molecule has 8 nitrogen and oxygen atoms in total. The number of amides is 4. The van der Waals surface area contributed by atoms with Crippen molar-refractivity contribution in [1.29, 1.82) is 0 Å². The van der Waals surface area contributed by atoms with E-state index in [1.54, 1.807) is 37.1 Å². The van der Waals surface area contributed by atoms with Gasteiger partial charge in [0.15, 0.2) is 0 Å². The van der Waals surface area contributed by atoms with Crippen LogP contribution in [0.25, 0.3) is 0 Å². The fourth-order valence-electron chi connectivity index (χ4n) is 4.73. The van der Waals surface area contributed by atoms with Crippen molar-refractivity contribution in [1.82, 2.24) is 20.1 Å². The van der Waals surface area contributed by atoms with Gasteiger partial charge in [0.05, 0.1) is 5.69 Å². The van der Waals surface area contributed by atoms with Gasteiger partial charge in [-0.1, -0.05) is 32.9 Å². The lowest BCUT2D eigenvalue weighted by Crippen LogP contribution is -2.44. The topological polar surface area (TPSA) is 85.9 Å². The summed E-state index contributed by atoms with van der Waals surface area (Å²) in [6.07, 6.45) is 3.40. The lowest BCUT2D eigenvalue weighted by molar-refractivity contribution is -0.123. The van der Waals surface area contributed by atoms with Gasteiger partial charge >= 0.3 is 6.03 Å². The van der Waals surface area contributed by atoms with Crippen LogP contribution >= 0.6 is 0 Å². The van der Waals surface area contributed by atoms with Crippen LogP contribution < -0.4 is 10.2 Å². The Morgan fingerprint density at radius 3 is 2.33 bits per heavy atom. The number of urea groups is 1. The van der Waals surface area contributed by atoms with Crippen LogP contribution in [0, 0.1) is 0 Å². The normalized spacial score (nSPS) is 19.2. The molecule has 0 saturated carbocycles. The predicted molar refractivity (Wildman–Crippen MR) is 140 cm³/mol. The average Bonchev–Trinajstić information content (AvgIpc) is 2.99. The maximum atomic E-state index is 13.5. The van der Waals surface area contributed by atoms with E-state index in [0.717, 1.165) is 37.1 Å². The molecule has 36 heavy (non-hydrogen) atoms. The first-order valence-electron chi connectivity index (χ1n) is 12.6. The summed E-state index contributed by atoms with van der Waals surface area (Å²) in [5.74, 6) is -0.486. The summed E-state index contributed by atoms with van der Waals surface area (Å²) in [6, 6.07) is 10.8. The first-order valence-corrected chi connectivity index (χ1v) is 12.6. The Labute approximate surface area is 213 Å². The highest BCUT2D eigenvalue weighted by atomic mass is 16.2. The van der Waals surface area contributed by atoms with Crippen molar-refractivity contribution >= 4 is 23.5 Å². The van der Waals surface area contributed by atoms with Crippen molar-refractivity contribution in [3.8, 4) is 0 Å². The fraction of sp³-hybridized carbons (Fsp3) is 0.500. The molecule has 2 saturated heterocycles. The van der Waals surface area contributed by atoms with Crippen molar-refractivity contribution in [2.45, 2.75) is 71.0 Å². The van der Waals surface area contributed by atoms with Crippen LogP contribution in [0.4, 0.5) is 10.5 Å². The van der Waals surface area contributed by atoms with Crippen LogP contribution in [0.2, 0.25) is 0 Å². The van der Waals surface area contributed by atoms with Gasteiger partial charge in [-0.2, -0.15) is 0 Å². The molecule has 2 aliphatic heterocycles. The number of nitrogens with zero attached hydrogens (tertiary/aromatic N) is 4. The molecule has 0 bridgehead atoms. The van der Waals surface area contributed by atoms with Gasteiger partial charge in [-0.05, 0) is 87.6 Å². The molecular formula is C28H37N5O3. The molecule has 0 aliphatic carbocycles. The maximum Gasteiger partial charge on any atom is 0.332 e. The summed E-state index contributed by atoms with van der Waals surface area (Å²) in [5.41, 5.74) is 1.70. The summed E-state index contributed by atoms with van der Waals surface area (Å²) in [6.45, 7) is 12.0. The van der Waals surface area contributed by atoms with Gasteiger partial charge in [0.25, 0.3) is 11.8 Å². The molecule has 0 atom stereocenters. The third-order valence-electron chi connectivity index (χ3n) is 7.27. The minimum absolute atomic E-state index is 0.0262. The summed E-state index contributed by atoms with van der Waals surface area (Å²) >= 11 is 0. The Morgan fingerprint density at radius 1 is 1.08 bits per heavy atom. The van der Waals surface area contributed by atoms with Crippen molar-refractivity contribution in [3.63, 3.8) is 0 Å². The molecule has 4 amide bonds. The standard InChI is InChI=1S/C28H37N5O3/c1-27(2,3)20-7-9-22(10-8-20)33-25(35)28(4,5)32(26(33)36)18-19-11-14-29-23(17-19)24(34)30-21-12-15-31(6)16-13-21/h7-11,14,17,21H,12-13,15-16,18H2,1-6H3,(H,30,34). The van der Waals surface area contributed by atoms with Gasteiger partial charge in [0, 0.05) is 18.8 Å². The molecule has 3 heterocycles. The Balaban J connectivity index is 1.50. The Bertz CT molecular complexity index is 1140. The Hall–Kier alpha value is -3.26. The average molecular weight is 492 g/mol. The fourth-order valence-corrected chi connectivity index (χ4v) is 4.73. The number of anilines is 1. The van der Waals surface area contributed by atoms with E-state index in [1.807, 2.05) is 24.3 Å². The number of carbonyl (C=O) groups is 3. The minimum atomic E-state index is -1.03. The van der Waals surface area contributed by atoms with E-state index >= 15 is 0 Å². The molecule has 4 rings (SSSR count). The van der Waals surface area contributed by atoms with Crippen molar-refractivity contribution in [2.24, 2.45) is 0 Å². The van der Waals surface area contributed by atoms with E-state index in [2.05, 4.69) is 43.0 Å². The van der Waals surface area contributed by atoms with Crippen molar-refractivity contribution < 1.29 is 14.4 Å². The number of hydrogen-bond acceptors (Lipinski definition) is 5.